The van der Waals surface area contributed by atoms with Gasteiger partial charge < -0.3 is 0 Å². The van der Waals surface area contributed by atoms with Crippen LogP contribution in [0, 0.1) is 13.8 Å². The molecule has 1 aromatic heterocycles. The molecule has 0 fully saturated rings. The van der Waals surface area contributed by atoms with Gasteiger partial charge in [0.05, 0.1) is 11.4 Å². The summed E-state index contributed by atoms with van der Waals surface area (Å²) in [6.07, 6.45) is 0. The van der Waals surface area contributed by atoms with Gasteiger partial charge in [0.1, 0.15) is 0 Å². The molecule has 1 aromatic rings. The van der Waals surface area contributed by atoms with Crippen molar-refractivity contribution in [3.63, 3.8) is 0 Å². The highest BCUT2D eigenvalue weighted by Gasteiger charge is 2.16. The predicted molar refractivity (Wildman–Crippen MR) is 54.4 cm³/mol. The smallest absolute Gasteiger partial charge is 0.215 e. The van der Waals surface area contributed by atoms with Crippen molar-refractivity contribution in [2.45, 2.75) is 19.6 Å². The number of aryl methyl sites for hydroxylation is 2. The van der Waals surface area contributed by atoms with Crippen LogP contribution in [-0.4, -0.2) is 25.2 Å². The number of aromatic nitrogens is 2. The molecule has 0 atom stereocenters. The third-order valence-corrected chi connectivity index (χ3v) is 3.59. The zero-order chi connectivity index (χ0) is 10.9. The van der Waals surface area contributed by atoms with Crippen molar-refractivity contribution in [2.24, 2.45) is 7.05 Å². The second-order valence-corrected chi connectivity index (χ2v) is 5.16. The molecule has 0 radical (unpaired) electrons. The Bertz CT molecular complexity index is 434. The van der Waals surface area contributed by atoms with E-state index in [-0.39, 0.29) is 5.75 Å². The molecular formula is C8H15N3O2S. The van der Waals surface area contributed by atoms with E-state index in [1.54, 1.807) is 11.7 Å². The monoisotopic (exact) mass is 217 g/mol. The lowest BCUT2D eigenvalue weighted by Crippen LogP contribution is -2.21. The second-order valence-electron chi connectivity index (χ2n) is 3.24. The Balaban J connectivity index is 3.09. The summed E-state index contributed by atoms with van der Waals surface area (Å²) in [4.78, 5) is 0. The lowest BCUT2D eigenvalue weighted by atomic mass is 10.2. The van der Waals surface area contributed by atoms with E-state index in [9.17, 15) is 8.42 Å². The summed E-state index contributed by atoms with van der Waals surface area (Å²) in [7, 11) is 0.00892. The zero-order valence-electron chi connectivity index (χ0n) is 8.83. The third kappa shape index (κ3) is 2.13. The van der Waals surface area contributed by atoms with Crippen LogP contribution in [0.2, 0.25) is 0 Å². The summed E-state index contributed by atoms with van der Waals surface area (Å²) in [5, 5.41) is 4.15. The molecule has 0 aliphatic heterocycles. The van der Waals surface area contributed by atoms with Gasteiger partial charge in [-0.25, -0.2) is 13.1 Å². The van der Waals surface area contributed by atoms with Crippen LogP contribution in [0.1, 0.15) is 17.0 Å². The molecule has 0 amide bonds. The molecule has 1 heterocycles. The molecule has 5 nitrogen and oxygen atoms in total. The Kier molecular flexibility index (Phi) is 2.96. The van der Waals surface area contributed by atoms with E-state index < -0.39 is 10.0 Å². The van der Waals surface area contributed by atoms with E-state index in [1.165, 1.54) is 7.05 Å². The van der Waals surface area contributed by atoms with E-state index in [1.807, 2.05) is 13.8 Å². The Hall–Kier alpha value is -0.880. The fraction of sp³-hybridized carbons (Fsp3) is 0.625. The molecule has 0 saturated heterocycles. The third-order valence-electron chi connectivity index (χ3n) is 2.30. The van der Waals surface area contributed by atoms with Crippen LogP contribution < -0.4 is 4.72 Å². The minimum absolute atomic E-state index is 0.00495. The van der Waals surface area contributed by atoms with E-state index in [2.05, 4.69) is 9.82 Å². The average molecular weight is 217 g/mol. The lowest BCUT2D eigenvalue weighted by molar-refractivity contribution is 0.587. The van der Waals surface area contributed by atoms with Gasteiger partial charge in [0.25, 0.3) is 0 Å². The van der Waals surface area contributed by atoms with Crippen molar-refractivity contribution in [3.8, 4) is 0 Å². The molecule has 1 N–H and O–H groups in total. The normalized spacial score (nSPS) is 12.0. The van der Waals surface area contributed by atoms with E-state index in [4.69, 9.17) is 0 Å². The highest BCUT2D eigenvalue weighted by molar-refractivity contribution is 7.88. The first kappa shape index (κ1) is 11.2. The van der Waals surface area contributed by atoms with Gasteiger partial charge in [-0.15, -0.1) is 0 Å². The van der Waals surface area contributed by atoms with Crippen LogP contribution in [0.15, 0.2) is 0 Å². The highest BCUT2D eigenvalue weighted by atomic mass is 32.2. The number of sulfonamides is 1. The van der Waals surface area contributed by atoms with Gasteiger partial charge in [-0.05, 0) is 20.9 Å². The van der Waals surface area contributed by atoms with E-state index in [0.717, 1.165) is 17.0 Å². The quantitative estimate of drug-likeness (QED) is 0.780. The first-order valence-electron chi connectivity index (χ1n) is 4.27. The molecule has 0 aliphatic rings. The number of hydrogen-bond acceptors (Lipinski definition) is 3. The van der Waals surface area contributed by atoms with Gasteiger partial charge in [-0.1, -0.05) is 0 Å². The molecule has 0 aromatic carbocycles. The van der Waals surface area contributed by atoms with E-state index >= 15 is 0 Å². The summed E-state index contributed by atoms with van der Waals surface area (Å²) in [6, 6.07) is 0. The lowest BCUT2D eigenvalue weighted by Gasteiger charge is -2.02. The molecule has 0 bridgehead atoms. The van der Waals surface area contributed by atoms with Gasteiger partial charge in [0.2, 0.25) is 10.0 Å². The zero-order valence-corrected chi connectivity index (χ0v) is 9.64. The van der Waals surface area contributed by atoms with Crippen LogP contribution in [0.5, 0.6) is 0 Å². The Morgan fingerprint density at radius 3 is 2.36 bits per heavy atom. The average Bonchev–Trinajstić information content (AvgIpc) is 2.32. The maximum absolute atomic E-state index is 11.3. The van der Waals surface area contributed by atoms with E-state index in [0.29, 0.717) is 0 Å². The van der Waals surface area contributed by atoms with Crippen LogP contribution in [-0.2, 0) is 22.8 Å². The molecule has 0 aliphatic carbocycles. The summed E-state index contributed by atoms with van der Waals surface area (Å²) < 4.78 is 26.6. The van der Waals surface area contributed by atoms with Crippen LogP contribution in [0.3, 0.4) is 0 Å². The molecule has 80 valence electrons. The molecule has 0 saturated carbocycles. The fourth-order valence-corrected chi connectivity index (χ4v) is 2.23. The van der Waals surface area contributed by atoms with Crippen molar-refractivity contribution in [3.05, 3.63) is 17.0 Å². The first-order valence-corrected chi connectivity index (χ1v) is 5.93. The van der Waals surface area contributed by atoms with Gasteiger partial charge in [0, 0.05) is 18.3 Å². The summed E-state index contributed by atoms with van der Waals surface area (Å²) in [5.41, 5.74) is 2.44. The van der Waals surface area contributed by atoms with Crippen molar-refractivity contribution in [2.75, 3.05) is 7.05 Å². The minimum atomic E-state index is -3.21. The number of hydrogen-bond donors (Lipinski definition) is 1. The second kappa shape index (κ2) is 3.70. The predicted octanol–water partition coefficient (Wildman–Crippen LogP) is 0.0861. The highest BCUT2D eigenvalue weighted by Crippen LogP contribution is 2.14. The van der Waals surface area contributed by atoms with Crippen molar-refractivity contribution in [1.82, 2.24) is 14.5 Å². The molecule has 0 spiro atoms. The molecule has 0 unspecified atom stereocenters. The number of rotatable bonds is 3. The molecular weight excluding hydrogens is 202 g/mol. The Labute approximate surface area is 84.2 Å². The molecule has 1 rings (SSSR count). The molecule has 14 heavy (non-hydrogen) atoms. The largest absolute Gasteiger partial charge is 0.272 e. The first-order chi connectivity index (χ1) is 6.37. The summed E-state index contributed by atoms with van der Waals surface area (Å²) in [5.74, 6) is -0.00495. The number of nitrogens with one attached hydrogen (secondary N) is 1. The maximum Gasteiger partial charge on any atom is 0.215 e. The summed E-state index contributed by atoms with van der Waals surface area (Å²) in [6.45, 7) is 3.67. The van der Waals surface area contributed by atoms with Crippen molar-refractivity contribution in [1.29, 1.82) is 0 Å². The Morgan fingerprint density at radius 2 is 2.00 bits per heavy atom. The van der Waals surface area contributed by atoms with Crippen molar-refractivity contribution < 1.29 is 8.42 Å². The van der Waals surface area contributed by atoms with Crippen LogP contribution in [0.4, 0.5) is 0 Å². The maximum atomic E-state index is 11.3. The molecule has 6 heteroatoms. The van der Waals surface area contributed by atoms with Crippen LogP contribution >= 0.6 is 0 Å². The standard InChI is InChI=1S/C8H15N3O2S/c1-6-8(5-14(12,13)9-3)7(2)11(4)10-6/h9H,5H2,1-4H3. The Morgan fingerprint density at radius 1 is 1.43 bits per heavy atom. The van der Waals surface area contributed by atoms with Gasteiger partial charge in [0.15, 0.2) is 0 Å². The minimum Gasteiger partial charge on any atom is -0.272 e. The van der Waals surface area contributed by atoms with Crippen LogP contribution in [0.25, 0.3) is 0 Å². The van der Waals surface area contributed by atoms with Gasteiger partial charge in [-0.2, -0.15) is 5.10 Å². The fourth-order valence-electron chi connectivity index (χ4n) is 1.29. The summed E-state index contributed by atoms with van der Waals surface area (Å²) >= 11 is 0. The SMILES string of the molecule is CNS(=O)(=O)Cc1c(C)nn(C)c1C. The van der Waals surface area contributed by atoms with Gasteiger partial charge in [-0.3, -0.25) is 4.68 Å². The van der Waals surface area contributed by atoms with Crippen molar-refractivity contribution >= 4 is 10.0 Å². The number of nitrogens with zero attached hydrogens (tertiary/aromatic N) is 2. The topological polar surface area (TPSA) is 64.0 Å². The van der Waals surface area contributed by atoms with Gasteiger partial charge >= 0.3 is 0 Å².